The number of piperidine rings is 2. The van der Waals surface area contributed by atoms with Crippen LogP contribution in [0.1, 0.15) is 39.2 Å². The van der Waals surface area contributed by atoms with E-state index in [1.54, 1.807) is 6.33 Å². The van der Waals surface area contributed by atoms with Crippen molar-refractivity contribution in [3.8, 4) is 0 Å². The van der Waals surface area contributed by atoms with Crippen LogP contribution in [0, 0.1) is 11.8 Å². The van der Waals surface area contributed by atoms with E-state index in [0.29, 0.717) is 17.9 Å². The third-order valence-electron chi connectivity index (χ3n) is 5.19. The van der Waals surface area contributed by atoms with E-state index < -0.39 is 0 Å². The zero-order valence-corrected chi connectivity index (χ0v) is 14.1. The van der Waals surface area contributed by atoms with Crippen LogP contribution < -0.4 is 10.2 Å². The van der Waals surface area contributed by atoms with Crippen LogP contribution in [0.15, 0.2) is 12.5 Å². The third-order valence-corrected chi connectivity index (χ3v) is 5.19. The molecule has 23 heavy (non-hydrogen) atoms. The minimum Gasteiger partial charge on any atom is -0.355 e. The first-order chi connectivity index (χ1) is 11.2. The Morgan fingerprint density at radius 2 is 1.83 bits per heavy atom. The van der Waals surface area contributed by atoms with E-state index in [4.69, 9.17) is 0 Å². The first kappa shape index (κ1) is 14.9. The van der Waals surface area contributed by atoms with Gasteiger partial charge in [0.05, 0.1) is 17.6 Å². The number of hydrogen-bond donors (Lipinski definition) is 1. The lowest BCUT2D eigenvalue weighted by molar-refractivity contribution is 0.349. The molecule has 124 valence electrons. The van der Waals surface area contributed by atoms with Gasteiger partial charge in [0.1, 0.15) is 12.1 Å². The summed E-state index contributed by atoms with van der Waals surface area (Å²) < 4.78 is 2.12. The zero-order valence-electron chi connectivity index (χ0n) is 14.1. The number of aromatic nitrogens is 4. The van der Waals surface area contributed by atoms with Gasteiger partial charge in [-0.2, -0.15) is 5.10 Å². The second-order valence-corrected chi connectivity index (χ2v) is 7.36. The normalized spacial score (nSPS) is 26.8. The molecular formula is C17H26N6. The molecule has 2 fully saturated rings. The molecule has 6 nitrogen and oxygen atoms in total. The Balaban J connectivity index is 1.70. The van der Waals surface area contributed by atoms with Gasteiger partial charge in [-0.15, -0.1) is 0 Å². The van der Waals surface area contributed by atoms with Gasteiger partial charge in [0.15, 0.2) is 5.65 Å². The number of nitrogens with zero attached hydrogens (tertiary/aromatic N) is 5. The average Bonchev–Trinajstić information content (AvgIpc) is 2.98. The Morgan fingerprint density at radius 3 is 2.57 bits per heavy atom. The van der Waals surface area contributed by atoms with Gasteiger partial charge in [-0.1, -0.05) is 13.8 Å². The largest absolute Gasteiger partial charge is 0.355 e. The van der Waals surface area contributed by atoms with E-state index in [1.807, 2.05) is 6.20 Å². The van der Waals surface area contributed by atoms with Crippen molar-refractivity contribution in [3.05, 3.63) is 12.5 Å². The van der Waals surface area contributed by atoms with E-state index in [9.17, 15) is 0 Å². The highest BCUT2D eigenvalue weighted by Gasteiger charge is 2.26. The van der Waals surface area contributed by atoms with Gasteiger partial charge in [0.25, 0.3) is 0 Å². The maximum atomic E-state index is 4.67. The SMILES string of the molecule is C[C@@H]1C[C@H](C)CN(c2ncnc3c2cnn3C2CCNCC2)C1. The number of rotatable bonds is 2. The van der Waals surface area contributed by atoms with Crippen molar-refractivity contribution >= 4 is 16.9 Å². The summed E-state index contributed by atoms with van der Waals surface area (Å²) in [6.07, 6.45) is 7.22. The van der Waals surface area contributed by atoms with Crippen LogP contribution in [0.2, 0.25) is 0 Å². The Morgan fingerprint density at radius 1 is 1.09 bits per heavy atom. The van der Waals surface area contributed by atoms with E-state index in [1.165, 1.54) is 6.42 Å². The molecule has 0 bridgehead atoms. The molecule has 2 saturated heterocycles. The molecule has 0 unspecified atom stereocenters. The molecule has 4 heterocycles. The molecule has 2 aromatic rings. The first-order valence-corrected chi connectivity index (χ1v) is 8.86. The van der Waals surface area contributed by atoms with Crippen molar-refractivity contribution in [3.63, 3.8) is 0 Å². The Hall–Kier alpha value is -1.69. The molecule has 1 N–H and O–H groups in total. The van der Waals surface area contributed by atoms with Crippen molar-refractivity contribution in [2.24, 2.45) is 11.8 Å². The Bertz CT molecular complexity index is 665. The fraction of sp³-hybridized carbons (Fsp3) is 0.706. The summed E-state index contributed by atoms with van der Waals surface area (Å²) in [7, 11) is 0. The highest BCUT2D eigenvalue weighted by atomic mass is 15.3. The monoisotopic (exact) mass is 314 g/mol. The summed E-state index contributed by atoms with van der Waals surface area (Å²) in [5.41, 5.74) is 0.993. The van der Waals surface area contributed by atoms with Crippen molar-refractivity contribution in [2.45, 2.75) is 39.2 Å². The van der Waals surface area contributed by atoms with Gasteiger partial charge in [0.2, 0.25) is 0 Å². The summed E-state index contributed by atoms with van der Waals surface area (Å²) in [5.74, 6) is 2.49. The van der Waals surface area contributed by atoms with Crippen LogP contribution in [-0.4, -0.2) is 45.9 Å². The highest BCUT2D eigenvalue weighted by molar-refractivity contribution is 5.86. The van der Waals surface area contributed by atoms with Crippen LogP contribution in [-0.2, 0) is 0 Å². The summed E-state index contributed by atoms with van der Waals surface area (Å²) >= 11 is 0. The van der Waals surface area contributed by atoms with Crippen LogP contribution in [0.5, 0.6) is 0 Å². The number of anilines is 1. The van der Waals surface area contributed by atoms with E-state index in [2.05, 4.69) is 43.8 Å². The molecule has 0 aromatic carbocycles. The maximum Gasteiger partial charge on any atom is 0.163 e. The Kier molecular flexibility index (Phi) is 3.93. The molecule has 2 atom stereocenters. The fourth-order valence-corrected chi connectivity index (χ4v) is 4.26. The molecule has 6 heteroatoms. The van der Waals surface area contributed by atoms with Crippen LogP contribution >= 0.6 is 0 Å². The van der Waals surface area contributed by atoms with Gasteiger partial charge in [-0.25, -0.2) is 14.6 Å². The smallest absolute Gasteiger partial charge is 0.163 e. The summed E-state index contributed by atoms with van der Waals surface area (Å²) in [6.45, 7) is 8.94. The van der Waals surface area contributed by atoms with Crippen LogP contribution in [0.25, 0.3) is 11.0 Å². The first-order valence-electron chi connectivity index (χ1n) is 8.86. The average molecular weight is 314 g/mol. The van der Waals surface area contributed by atoms with E-state index >= 15 is 0 Å². The highest BCUT2D eigenvalue weighted by Crippen LogP contribution is 2.31. The molecule has 2 aliphatic rings. The van der Waals surface area contributed by atoms with Gasteiger partial charge in [0, 0.05) is 13.1 Å². The van der Waals surface area contributed by atoms with Crippen LogP contribution in [0.3, 0.4) is 0 Å². The van der Waals surface area contributed by atoms with Gasteiger partial charge in [-0.3, -0.25) is 0 Å². The topological polar surface area (TPSA) is 58.9 Å². The van der Waals surface area contributed by atoms with Crippen LogP contribution in [0.4, 0.5) is 5.82 Å². The van der Waals surface area contributed by atoms with Crippen molar-refractivity contribution < 1.29 is 0 Å². The van der Waals surface area contributed by atoms with Gasteiger partial charge in [-0.05, 0) is 44.2 Å². The number of fused-ring (bicyclic) bond motifs is 1. The number of nitrogens with one attached hydrogen (secondary N) is 1. The molecule has 4 rings (SSSR count). The standard InChI is InChI=1S/C17H26N6/c1-12-7-13(2)10-22(9-12)16-15-8-21-23(17(15)20-11-19-16)14-3-5-18-6-4-14/h8,11-14,18H,3-7,9-10H2,1-2H3/t12-,13+. The molecule has 0 spiro atoms. The predicted molar refractivity (Wildman–Crippen MR) is 91.6 cm³/mol. The van der Waals surface area contributed by atoms with Gasteiger partial charge >= 0.3 is 0 Å². The molecule has 2 aliphatic heterocycles. The quantitative estimate of drug-likeness (QED) is 0.921. The summed E-state index contributed by atoms with van der Waals surface area (Å²) in [6, 6.07) is 0.454. The fourth-order valence-electron chi connectivity index (χ4n) is 4.26. The minimum absolute atomic E-state index is 0.454. The lowest BCUT2D eigenvalue weighted by Gasteiger charge is -2.35. The third kappa shape index (κ3) is 2.80. The minimum atomic E-state index is 0.454. The lowest BCUT2D eigenvalue weighted by Crippen LogP contribution is -2.39. The summed E-state index contributed by atoms with van der Waals surface area (Å²) in [5, 5.41) is 9.19. The maximum absolute atomic E-state index is 4.67. The van der Waals surface area contributed by atoms with Crippen molar-refractivity contribution in [1.29, 1.82) is 0 Å². The molecule has 2 aromatic heterocycles. The number of hydrogen-bond acceptors (Lipinski definition) is 5. The molecule has 0 radical (unpaired) electrons. The van der Waals surface area contributed by atoms with E-state index in [-0.39, 0.29) is 0 Å². The van der Waals surface area contributed by atoms with Gasteiger partial charge < -0.3 is 10.2 Å². The Labute approximate surface area is 137 Å². The predicted octanol–water partition coefficient (Wildman–Crippen LogP) is 2.23. The molecule has 0 saturated carbocycles. The lowest BCUT2D eigenvalue weighted by atomic mass is 9.92. The molecule has 0 aliphatic carbocycles. The molecular weight excluding hydrogens is 288 g/mol. The van der Waals surface area contributed by atoms with E-state index in [0.717, 1.165) is 55.9 Å². The second kappa shape index (κ2) is 6.07. The zero-order chi connectivity index (χ0) is 15.8. The van der Waals surface area contributed by atoms with Crippen molar-refractivity contribution in [2.75, 3.05) is 31.1 Å². The van der Waals surface area contributed by atoms with Crippen molar-refractivity contribution in [1.82, 2.24) is 25.1 Å². The summed E-state index contributed by atoms with van der Waals surface area (Å²) in [4.78, 5) is 11.6. The molecule has 0 amide bonds. The second-order valence-electron chi connectivity index (χ2n) is 7.36.